The number of benzene rings is 2. The average Bonchev–Trinajstić information content (AvgIpc) is 3.02. The van der Waals surface area contributed by atoms with E-state index in [4.69, 9.17) is 4.98 Å². The summed E-state index contributed by atoms with van der Waals surface area (Å²) in [6.07, 6.45) is 2.91. The van der Waals surface area contributed by atoms with Crippen molar-refractivity contribution < 1.29 is 0 Å². The molecule has 0 atom stereocenters. The summed E-state index contributed by atoms with van der Waals surface area (Å²) >= 11 is 3.59. The van der Waals surface area contributed by atoms with Crippen molar-refractivity contribution in [2.24, 2.45) is 0 Å². The van der Waals surface area contributed by atoms with Crippen molar-refractivity contribution in [2.45, 2.75) is 13.0 Å². The Kier molecular flexibility index (Phi) is 4.45. The van der Waals surface area contributed by atoms with E-state index in [2.05, 4.69) is 81.3 Å². The van der Waals surface area contributed by atoms with E-state index < -0.39 is 0 Å². The van der Waals surface area contributed by atoms with E-state index in [9.17, 15) is 0 Å². The number of hydrogen-bond donors (Lipinski definition) is 1. The number of hydrogen-bond acceptors (Lipinski definition) is 3. The Morgan fingerprint density at radius 1 is 1.20 bits per heavy atom. The van der Waals surface area contributed by atoms with Gasteiger partial charge in [-0.3, -0.25) is 0 Å². The molecule has 0 saturated heterocycles. The molecule has 4 heteroatoms. The molecule has 4 rings (SSSR count). The smallest absolute Gasteiger partial charge is 0.134 e. The van der Waals surface area contributed by atoms with Crippen LogP contribution in [0, 0.1) is 0 Å². The maximum absolute atomic E-state index is 4.98. The minimum atomic E-state index is 0.747. The number of nitrogens with zero attached hydrogens (tertiary/aromatic N) is 2. The van der Waals surface area contributed by atoms with Gasteiger partial charge in [0.1, 0.15) is 5.82 Å². The number of aromatic nitrogens is 1. The number of halogens is 1. The van der Waals surface area contributed by atoms with E-state index in [1.54, 1.807) is 0 Å². The van der Waals surface area contributed by atoms with E-state index in [1.807, 2.05) is 6.08 Å². The summed E-state index contributed by atoms with van der Waals surface area (Å²) in [6.45, 7) is 6.48. The van der Waals surface area contributed by atoms with Crippen molar-refractivity contribution in [1.82, 2.24) is 4.98 Å². The molecule has 1 aromatic heterocycles. The lowest BCUT2D eigenvalue weighted by molar-refractivity contribution is 0.827. The monoisotopic (exact) mass is 393 g/mol. The van der Waals surface area contributed by atoms with Gasteiger partial charge in [-0.15, -0.1) is 6.58 Å². The van der Waals surface area contributed by atoms with E-state index in [-0.39, 0.29) is 0 Å². The molecule has 0 aliphatic carbocycles. The molecule has 0 saturated carbocycles. The van der Waals surface area contributed by atoms with Crippen LogP contribution in [0.5, 0.6) is 0 Å². The normalized spacial score (nSPS) is 13.1. The standard InChI is InChI=1S/C21H20BrN3/c1-2-11-23-20-17-10-12-25(14-15-6-4-3-5-7-15)21(17)24-19-9-8-16(22)13-18(19)20/h2-9,13H,1,10-12,14H2,(H,23,24). The van der Waals surface area contributed by atoms with Gasteiger partial charge in [-0.1, -0.05) is 52.3 Å². The molecule has 25 heavy (non-hydrogen) atoms. The molecule has 0 unspecified atom stereocenters. The molecule has 0 amide bonds. The summed E-state index contributed by atoms with van der Waals surface area (Å²) in [5, 5.41) is 4.71. The largest absolute Gasteiger partial charge is 0.381 e. The summed E-state index contributed by atoms with van der Waals surface area (Å²) in [5.74, 6) is 1.10. The first-order chi connectivity index (χ1) is 12.3. The Bertz CT molecular complexity index is 921. The SMILES string of the molecule is C=CCNc1c2c(nc3ccc(Br)cc13)N(Cc1ccccc1)CC2. The molecule has 0 radical (unpaired) electrons. The Morgan fingerprint density at radius 2 is 2.04 bits per heavy atom. The van der Waals surface area contributed by atoms with Gasteiger partial charge in [0.2, 0.25) is 0 Å². The Labute approximate surface area is 156 Å². The molecule has 3 aromatic rings. The third-order valence-corrected chi connectivity index (χ3v) is 5.09. The van der Waals surface area contributed by atoms with Crippen LogP contribution < -0.4 is 10.2 Å². The molecule has 0 spiro atoms. The Hall–Kier alpha value is -2.33. The van der Waals surface area contributed by atoms with Gasteiger partial charge in [0.05, 0.1) is 11.2 Å². The lowest BCUT2D eigenvalue weighted by Crippen LogP contribution is -2.20. The third kappa shape index (κ3) is 3.14. The Balaban J connectivity index is 1.79. The molecule has 0 fully saturated rings. The molecule has 2 heterocycles. The predicted molar refractivity (Wildman–Crippen MR) is 109 cm³/mol. The van der Waals surface area contributed by atoms with Gasteiger partial charge in [-0.05, 0) is 30.2 Å². The van der Waals surface area contributed by atoms with Gasteiger partial charge in [0.25, 0.3) is 0 Å². The predicted octanol–water partition coefficient (Wildman–Crippen LogP) is 5.16. The second-order valence-corrected chi connectivity index (χ2v) is 7.19. The average molecular weight is 394 g/mol. The molecule has 1 N–H and O–H groups in total. The number of fused-ring (bicyclic) bond motifs is 2. The van der Waals surface area contributed by atoms with Crippen molar-refractivity contribution in [3.8, 4) is 0 Å². The van der Waals surface area contributed by atoms with Gasteiger partial charge in [-0.2, -0.15) is 0 Å². The van der Waals surface area contributed by atoms with E-state index >= 15 is 0 Å². The van der Waals surface area contributed by atoms with E-state index in [0.717, 1.165) is 47.2 Å². The molecular weight excluding hydrogens is 374 g/mol. The first-order valence-corrected chi connectivity index (χ1v) is 9.31. The van der Waals surface area contributed by atoms with Crippen LogP contribution in [0.1, 0.15) is 11.1 Å². The van der Waals surface area contributed by atoms with Crippen molar-refractivity contribution >= 4 is 38.3 Å². The first-order valence-electron chi connectivity index (χ1n) is 8.52. The zero-order chi connectivity index (χ0) is 17.2. The molecular formula is C21H20BrN3. The quantitative estimate of drug-likeness (QED) is 0.606. The zero-order valence-electron chi connectivity index (χ0n) is 14.0. The fraction of sp³-hybridized carbons (Fsp3) is 0.190. The summed E-state index contributed by atoms with van der Waals surface area (Å²) in [4.78, 5) is 7.36. The molecule has 3 nitrogen and oxygen atoms in total. The highest BCUT2D eigenvalue weighted by atomic mass is 79.9. The molecule has 0 bridgehead atoms. The van der Waals surface area contributed by atoms with Gasteiger partial charge in [0.15, 0.2) is 0 Å². The lowest BCUT2D eigenvalue weighted by Gasteiger charge is -2.20. The summed E-state index contributed by atoms with van der Waals surface area (Å²) in [7, 11) is 0. The van der Waals surface area contributed by atoms with Gasteiger partial charge in [-0.25, -0.2) is 4.98 Å². The fourth-order valence-corrected chi connectivity index (χ4v) is 3.81. The topological polar surface area (TPSA) is 28.2 Å². The van der Waals surface area contributed by atoms with Crippen LogP contribution in [0.15, 0.2) is 65.7 Å². The summed E-state index contributed by atoms with van der Waals surface area (Å²) < 4.78 is 1.07. The van der Waals surface area contributed by atoms with Gasteiger partial charge >= 0.3 is 0 Å². The van der Waals surface area contributed by atoms with Crippen molar-refractivity contribution in [3.05, 3.63) is 76.8 Å². The van der Waals surface area contributed by atoms with Crippen LogP contribution in [-0.4, -0.2) is 18.1 Å². The van der Waals surface area contributed by atoms with Crippen molar-refractivity contribution in [1.29, 1.82) is 0 Å². The number of rotatable bonds is 5. The minimum Gasteiger partial charge on any atom is -0.381 e. The van der Waals surface area contributed by atoms with Crippen LogP contribution in [0.3, 0.4) is 0 Å². The lowest BCUT2D eigenvalue weighted by atomic mass is 10.1. The van der Waals surface area contributed by atoms with Gasteiger partial charge < -0.3 is 10.2 Å². The Morgan fingerprint density at radius 3 is 2.84 bits per heavy atom. The zero-order valence-corrected chi connectivity index (χ0v) is 15.6. The molecule has 2 aromatic carbocycles. The maximum atomic E-state index is 4.98. The van der Waals surface area contributed by atoms with Crippen LogP contribution >= 0.6 is 15.9 Å². The maximum Gasteiger partial charge on any atom is 0.134 e. The second kappa shape index (κ2) is 6.89. The van der Waals surface area contributed by atoms with E-state index in [1.165, 1.54) is 16.8 Å². The summed E-state index contributed by atoms with van der Waals surface area (Å²) in [6, 6.07) is 16.9. The first kappa shape index (κ1) is 16.2. The highest BCUT2D eigenvalue weighted by molar-refractivity contribution is 9.10. The molecule has 1 aliphatic rings. The van der Waals surface area contributed by atoms with Crippen LogP contribution in [0.4, 0.5) is 11.5 Å². The van der Waals surface area contributed by atoms with Crippen molar-refractivity contribution in [2.75, 3.05) is 23.3 Å². The summed E-state index contributed by atoms with van der Waals surface area (Å²) in [5.41, 5.74) is 4.84. The number of anilines is 2. The van der Waals surface area contributed by atoms with Crippen LogP contribution in [-0.2, 0) is 13.0 Å². The minimum absolute atomic E-state index is 0.747. The van der Waals surface area contributed by atoms with Crippen molar-refractivity contribution in [3.63, 3.8) is 0 Å². The number of pyridine rings is 1. The fourth-order valence-electron chi connectivity index (χ4n) is 3.45. The molecule has 126 valence electrons. The van der Waals surface area contributed by atoms with Gasteiger partial charge in [0, 0.05) is 35.1 Å². The van der Waals surface area contributed by atoms with Crippen LogP contribution in [0.25, 0.3) is 10.9 Å². The number of nitrogens with one attached hydrogen (secondary N) is 1. The van der Waals surface area contributed by atoms with Crippen LogP contribution in [0.2, 0.25) is 0 Å². The second-order valence-electron chi connectivity index (χ2n) is 6.28. The highest BCUT2D eigenvalue weighted by Gasteiger charge is 2.25. The highest BCUT2D eigenvalue weighted by Crippen LogP contribution is 2.38. The van der Waals surface area contributed by atoms with E-state index in [0.29, 0.717) is 0 Å². The molecule has 1 aliphatic heterocycles. The third-order valence-electron chi connectivity index (χ3n) is 4.60.